The van der Waals surface area contributed by atoms with Crippen LogP contribution in [-0.4, -0.2) is 48.5 Å². The van der Waals surface area contributed by atoms with Crippen molar-refractivity contribution in [3.8, 4) is 5.88 Å². The monoisotopic (exact) mass is 437 g/mol. The molecule has 1 aliphatic heterocycles. The normalized spacial score (nSPS) is 20.9. The van der Waals surface area contributed by atoms with Gasteiger partial charge >= 0.3 is 6.03 Å². The molecular weight excluding hydrogens is 402 g/mol. The predicted octanol–water partition coefficient (Wildman–Crippen LogP) is 4.81. The van der Waals surface area contributed by atoms with E-state index in [-0.39, 0.29) is 5.92 Å². The summed E-state index contributed by atoms with van der Waals surface area (Å²) in [6.45, 7) is 3.15. The van der Waals surface area contributed by atoms with Gasteiger partial charge < -0.3 is 20.7 Å². The molecule has 2 heterocycles. The molecule has 2 fully saturated rings. The molecule has 1 saturated heterocycles. The first-order chi connectivity index (χ1) is 15.6. The number of nitrogens with two attached hydrogens (primary N) is 1. The fraction of sp³-hybridized carbons (Fsp3) is 0.560. The van der Waals surface area contributed by atoms with Crippen molar-refractivity contribution in [2.45, 2.75) is 51.4 Å². The van der Waals surface area contributed by atoms with E-state index in [1.807, 2.05) is 24.3 Å². The van der Waals surface area contributed by atoms with Crippen molar-refractivity contribution < 1.29 is 9.53 Å². The van der Waals surface area contributed by atoms with Gasteiger partial charge in [0, 0.05) is 29.7 Å². The first-order valence-electron chi connectivity index (χ1n) is 11.9. The molecule has 3 N–H and O–H groups in total. The van der Waals surface area contributed by atoms with Gasteiger partial charge in [-0.2, -0.15) is 4.99 Å². The van der Waals surface area contributed by atoms with Crippen molar-refractivity contribution >= 4 is 28.3 Å². The second-order valence-corrected chi connectivity index (χ2v) is 9.16. The molecule has 2 amide bonds. The summed E-state index contributed by atoms with van der Waals surface area (Å²) in [6, 6.07) is 7.08. The van der Waals surface area contributed by atoms with Crippen LogP contribution in [0.15, 0.2) is 35.5 Å². The number of piperidine rings is 1. The number of likely N-dealkylation sites (tertiary alicyclic amines) is 1. The Bertz CT molecular complexity index is 954. The van der Waals surface area contributed by atoms with Crippen LogP contribution in [-0.2, 0) is 0 Å². The Balaban J connectivity index is 1.33. The number of anilines is 1. The zero-order chi connectivity index (χ0) is 22.3. The Morgan fingerprint density at radius 1 is 1.22 bits per heavy atom. The number of carbonyl (C=O) groups excluding carboxylic acids is 1. The van der Waals surface area contributed by atoms with Gasteiger partial charge in [-0.1, -0.05) is 38.2 Å². The maximum atomic E-state index is 12.5. The van der Waals surface area contributed by atoms with Crippen molar-refractivity contribution in [3.05, 3.63) is 30.5 Å². The van der Waals surface area contributed by atoms with Crippen molar-refractivity contribution in [1.29, 1.82) is 0 Å². The Morgan fingerprint density at radius 3 is 2.88 bits per heavy atom. The van der Waals surface area contributed by atoms with Gasteiger partial charge in [0.2, 0.25) is 5.88 Å². The highest BCUT2D eigenvalue weighted by Gasteiger charge is 2.24. The molecular formula is C25H35N5O2. The van der Waals surface area contributed by atoms with E-state index >= 15 is 0 Å². The second kappa shape index (κ2) is 10.8. The van der Waals surface area contributed by atoms with Crippen LogP contribution in [0.25, 0.3) is 10.8 Å². The van der Waals surface area contributed by atoms with E-state index in [2.05, 4.69) is 20.2 Å². The van der Waals surface area contributed by atoms with Crippen molar-refractivity contribution in [3.63, 3.8) is 0 Å². The highest BCUT2D eigenvalue weighted by molar-refractivity contribution is 6.01. The van der Waals surface area contributed by atoms with Crippen LogP contribution in [0, 0.1) is 11.8 Å². The summed E-state index contributed by atoms with van der Waals surface area (Å²) < 4.78 is 5.32. The number of hydrogen-bond acceptors (Lipinski definition) is 4. The number of aliphatic imine (C=N–C) groups is 1. The number of benzene rings is 1. The number of amides is 2. The second-order valence-electron chi connectivity index (χ2n) is 9.16. The molecule has 2 aromatic rings. The molecule has 1 aromatic carbocycles. The molecule has 7 nitrogen and oxygen atoms in total. The quantitative estimate of drug-likeness (QED) is 0.499. The molecule has 0 spiro atoms. The van der Waals surface area contributed by atoms with Gasteiger partial charge in [0.1, 0.15) is 5.84 Å². The van der Waals surface area contributed by atoms with E-state index in [0.29, 0.717) is 17.4 Å². The van der Waals surface area contributed by atoms with Gasteiger partial charge in [-0.15, -0.1) is 0 Å². The van der Waals surface area contributed by atoms with Gasteiger partial charge in [0.05, 0.1) is 7.11 Å². The summed E-state index contributed by atoms with van der Waals surface area (Å²) in [5.74, 6) is 1.99. The largest absolute Gasteiger partial charge is 0.481 e. The standard InChI is InChI=1S/C25H35N5O2/c1-32-24-22-16-21(10-9-19(22)11-13-27-24)28-25(31)29-23(26)20-8-5-14-30(17-20)15-12-18-6-3-2-4-7-18/h9-11,13,16,18,20H,2-8,12,14-15,17H2,1H3,(H3,26,28,29,31). The van der Waals surface area contributed by atoms with Crippen LogP contribution in [0.4, 0.5) is 10.5 Å². The summed E-state index contributed by atoms with van der Waals surface area (Å²) >= 11 is 0. The lowest BCUT2D eigenvalue weighted by Crippen LogP contribution is -2.42. The first kappa shape index (κ1) is 22.5. The van der Waals surface area contributed by atoms with E-state index in [9.17, 15) is 4.79 Å². The lowest BCUT2D eigenvalue weighted by Gasteiger charge is -2.33. The minimum absolute atomic E-state index is 0.141. The minimum atomic E-state index is -0.441. The van der Waals surface area contributed by atoms with E-state index in [1.165, 1.54) is 38.5 Å². The number of urea groups is 1. The van der Waals surface area contributed by atoms with Gasteiger partial charge in [0.15, 0.2) is 0 Å². The summed E-state index contributed by atoms with van der Waals surface area (Å²) in [5.41, 5.74) is 6.91. The average molecular weight is 438 g/mol. The number of hydrogen-bond donors (Lipinski definition) is 2. The summed E-state index contributed by atoms with van der Waals surface area (Å²) in [7, 11) is 1.58. The number of fused-ring (bicyclic) bond motifs is 1. The Hall–Kier alpha value is -2.67. The van der Waals surface area contributed by atoms with Crippen LogP contribution < -0.4 is 15.8 Å². The summed E-state index contributed by atoms with van der Waals surface area (Å²) in [6.07, 6.45) is 12.0. The fourth-order valence-corrected chi connectivity index (χ4v) is 5.08. The fourth-order valence-electron chi connectivity index (χ4n) is 5.08. The highest BCUT2D eigenvalue weighted by Crippen LogP contribution is 2.28. The molecule has 1 atom stereocenters. The van der Waals surface area contributed by atoms with Crippen molar-refractivity contribution in [2.75, 3.05) is 32.1 Å². The minimum Gasteiger partial charge on any atom is -0.481 e. The number of amidine groups is 1. The molecule has 4 rings (SSSR count). The number of ether oxygens (including phenoxy) is 1. The molecule has 1 aliphatic carbocycles. The summed E-state index contributed by atoms with van der Waals surface area (Å²) in [4.78, 5) is 23.4. The maximum Gasteiger partial charge on any atom is 0.347 e. The molecule has 0 bridgehead atoms. The first-order valence-corrected chi connectivity index (χ1v) is 11.9. The number of rotatable bonds is 6. The summed E-state index contributed by atoms with van der Waals surface area (Å²) in [5, 5.41) is 4.66. The maximum absolute atomic E-state index is 12.5. The van der Waals surface area contributed by atoms with Crippen LogP contribution >= 0.6 is 0 Å². The van der Waals surface area contributed by atoms with Crippen LogP contribution in [0.3, 0.4) is 0 Å². The number of nitrogens with one attached hydrogen (secondary N) is 1. The van der Waals surface area contributed by atoms with E-state index < -0.39 is 6.03 Å². The van der Waals surface area contributed by atoms with Gasteiger partial charge in [-0.25, -0.2) is 9.78 Å². The molecule has 172 valence electrons. The van der Waals surface area contributed by atoms with Crippen LogP contribution in [0.1, 0.15) is 51.4 Å². The molecule has 1 aromatic heterocycles. The zero-order valence-corrected chi connectivity index (χ0v) is 19.1. The Labute approximate surface area is 190 Å². The van der Waals surface area contributed by atoms with Crippen LogP contribution in [0.2, 0.25) is 0 Å². The zero-order valence-electron chi connectivity index (χ0n) is 19.1. The Morgan fingerprint density at radius 2 is 2.06 bits per heavy atom. The van der Waals surface area contributed by atoms with Crippen molar-refractivity contribution in [1.82, 2.24) is 9.88 Å². The molecule has 7 heteroatoms. The molecule has 1 saturated carbocycles. The highest BCUT2D eigenvalue weighted by atomic mass is 16.5. The number of pyridine rings is 1. The van der Waals surface area contributed by atoms with Gasteiger partial charge in [0.25, 0.3) is 0 Å². The van der Waals surface area contributed by atoms with Crippen molar-refractivity contribution in [2.24, 2.45) is 22.6 Å². The Kier molecular flexibility index (Phi) is 7.58. The number of methoxy groups -OCH3 is 1. The third-order valence-corrected chi connectivity index (χ3v) is 6.91. The molecule has 2 aliphatic rings. The smallest absolute Gasteiger partial charge is 0.347 e. The number of aromatic nitrogens is 1. The predicted molar refractivity (Wildman–Crippen MR) is 129 cm³/mol. The van der Waals surface area contributed by atoms with E-state index in [1.54, 1.807) is 13.3 Å². The molecule has 0 radical (unpaired) electrons. The third kappa shape index (κ3) is 5.76. The number of nitrogens with zero attached hydrogens (tertiary/aromatic N) is 3. The van der Waals surface area contributed by atoms with Gasteiger partial charge in [-0.3, -0.25) is 0 Å². The topological polar surface area (TPSA) is 92.8 Å². The molecule has 1 unspecified atom stereocenters. The van der Waals surface area contributed by atoms with Gasteiger partial charge in [-0.05, 0) is 61.9 Å². The molecule has 32 heavy (non-hydrogen) atoms. The lowest BCUT2D eigenvalue weighted by atomic mass is 9.86. The van der Waals surface area contributed by atoms with E-state index in [0.717, 1.165) is 49.2 Å². The SMILES string of the molecule is COc1nccc2ccc(NC(=O)/N=C(\N)C3CCCN(CCC4CCCCC4)C3)cc12. The third-order valence-electron chi connectivity index (χ3n) is 6.91. The lowest BCUT2D eigenvalue weighted by molar-refractivity contribution is 0.182. The van der Waals surface area contributed by atoms with Crippen LogP contribution in [0.5, 0.6) is 5.88 Å². The average Bonchev–Trinajstić information content (AvgIpc) is 2.83. The van der Waals surface area contributed by atoms with E-state index in [4.69, 9.17) is 10.5 Å². The number of carbonyl (C=O) groups is 1.